The van der Waals surface area contributed by atoms with Gasteiger partial charge in [-0.15, -0.1) is 0 Å². The number of aromatic nitrogens is 1. The maximum absolute atomic E-state index is 11.4. The van der Waals surface area contributed by atoms with E-state index in [1.54, 1.807) is 32.9 Å². The summed E-state index contributed by atoms with van der Waals surface area (Å²) in [4.78, 5) is 12.1. The molecule has 0 saturated carbocycles. The Hall–Kier alpha value is -1.78. The van der Waals surface area contributed by atoms with Crippen LogP contribution in [0.2, 0.25) is 0 Å². The molecule has 1 heterocycles. The van der Waals surface area contributed by atoms with E-state index in [0.717, 1.165) is 4.90 Å². The fraction of sp³-hybridized carbons (Fsp3) is 0.400. The monoisotopic (exact) mass is 210 g/mol. The predicted octanol–water partition coefficient (Wildman–Crippen LogP) is 1.60. The molecule has 0 unspecified atom stereocenters. The quantitative estimate of drug-likeness (QED) is 0.565. The van der Waals surface area contributed by atoms with Crippen molar-refractivity contribution in [2.75, 3.05) is 4.90 Å². The Morgan fingerprint density at radius 2 is 2.07 bits per heavy atom. The van der Waals surface area contributed by atoms with Gasteiger partial charge < -0.3 is 10.3 Å². The second-order valence-electron chi connectivity index (χ2n) is 4.17. The van der Waals surface area contributed by atoms with E-state index in [2.05, 4.69) is 0 Å². The highest BCUT2D eigenvalue weighted by Crippen LogP contribution is 2.20. The fourth-order valence-corrected chi connectivity index (χ4v) is 1.32. The normalized spacial score (nSPS) is 11.1. The van der Waals surface area contributed by atoms with Gasteiger partial charge in [-0.05, 0) is 26.8 Å². The third-order valence-electron chi connectivity index (χ3n) is 1.89. The second-order valence-corrected chi connectivity index (χ2v) is 4.17. The molecule has 1 aromatic rings. The molecule has 0 fully saturated rings. The summed E-state index contributed by atoms with van der Waals surface area (Å²) in [5.41, 5.74) is -0.653. The minimum Gasteiger partial charge on any atom is -0.711 e. The first-order chi connectivity index (χ1) is 6.84. The average molecular weight is 210 g/mol. The average Bonchev–Trinajstić information content (AvgIpc) is 2.05. The fourth-order valence-electron chi connectivity index (χ4n) is 1.32. The summed E-state index contributed by atoms with van der Waals surface area (Å²) in [5, 5.41) is 20.5. The molecule has 1 N–H and O–H groups in total. The van der Waals surface area contributed by atoms with Crippen molar-refractivity contribution >= 4 is 11.9 Å². The highest BCUT2D eigenvalue weighted by molar-refractivity contribution is 5.85. The lowest BCUT2D eigenvalue weighted by atomic mass is 10.1. The number of hydrogen-bond acceptors (Lipinski definition) is 2. The molecule has 5 nitrogen and oxygen atoms in total. The first kappa shape index (κ1) is 11.3. The maximum atomic E-state index is 11.4. The van der Waals surface area contributed by atoms with E-state index in [0.29, 0.717) is 4.73 Å². The van der Waals surface area contributed by atoms with Gasteiger partial charge in [-0.3, -0.25) is 0 Å². The highest BCUT2D eigenvalue weighted by Gasteiger charge is 2.36. The van der Waals surface area contributed by atoms with Crippen molar-refractivity contribution in [3.8, 4) is 0 Å². The van der Waals surface area contributed by atoms with Gasteiger partial charge in [0.15, 0.2) is 0 Å². The summed E-state index contributed by atoms with van der Waals surface area (Å²) < 4.78 is 0.541. The van der Waals surface area contributed by atoms with Crippen molar-refractivity contribution in [1.29, 1.82) is 0 Å². The number of amides is 1. The Morgan fingerprint density at radius 1 is 1.47 bits per heavy atom. The van der Waals surface area contributed by atoms with Crippen LogP contribution in [0.15, 0.2) is 24.4 Å². The summed E-state index contributed by atoms with van der Waals surface area (Å²) in [6.45, 7) is 5.19. The molecule has 0 spiro atoms. The van der Waals surface area contributed by atoms with Crippen LogP contribution in [0.5, 0.6) is 0 Å². The molecule has 0 bridgehead atoms. The van der Waals surface area contributed by atoms with E-state index >= 15 is 0 Å². The number of hydrogen-bond donors (Lipinski definition) is 1. The summed E-state index contributed by atoms with van der Waals surface area (Å²) in [6.07, 6.45) is 0.134. The molecule has 0 saturated heterocycles. The molecule has 0 aromatic carbocycles. The van der Waals surface area contributed by atoms with Crippen molar-refractivity contribution < 1.29 is 14.6 Å². The minimum absolute atomic E-state index is 0.109. The highest BCUT2D eigenvalue weighted by atomic mass is 16.5. The predicted molar refractivity (Wildman–Crippen MR) is 55.7 cm³/mol. The van der Waals surface area contributed by atoms with Gasteiger partial charge in [-0.2, -0.15) is 9.69 Å². The Kier molecular flexibility index (Phi) is 2.83. The Labute approximate surface area is 88.1 Å². The Balaban J connectivity index is 3.23. The lowest BCUT2D eigenvalue weighted by molar-refractivity contribution is -0.592. The van der Waals surface area contributed by atoms with Crippen molar-refractivity contribution in [3.63, 3.8) is 0 Å². The number of nitrogens with zero attached hydrogens (tertiary/aromatic N) is 2. The van der Waals surface area contributed by atoms with Gasteiger partial charge in [0.1, 0.15) is 5.54 Å². The number of carboxylic acid groups (broad SMARTS) is 1. The number of rotatable bonds is 1. The van der Waals surface area contributed by atoms with Crippen LogP contribution in [0.1, 0.15) is 20.8 Å². The topological polar surface area (TPSA) is 67.5 Å². The van der Waals surface area contributed by atoms with Crippen molar-refractivity contribution in [2.24, 2.45) is 0 Å². The van der Waals surface area contributed by atoms with Gasteiger partial charge in [-0.1, -0.05) is 6.07 Å². The van der Waals surface area contributed by atoms with E-state index in [9.17, 15) is 10.0 Å². The zero-order valence-electron chi connectivity index (χ0n) is 8.97. The van der Waals surface area contributed by atoms with Crippen LogP contribution in [0, 0.1) is 5.21 Å². The molecule has 1 aromatic heterocycles. The van der Waals surface area contributed by atoms with Gasteiger partial charge in [-0.25, -0.2) is 4.73 Å². The molecule has 1 amide bonds. The molecule has 82 valence electrons. The SMILES string of the molecule is CC(C)(C)N(C(=O)O)c1cccc[n+]1[O-]. The van der Waals surface area contributed by atoms with E-state index in [1.165, 1.54) is 12.3 Å². The van der Waals surface area contributed by atoms with E-state index in [-0.39, 0.29) is 5.82 Å². The maximum Gasteiger partial charge on any atom is 0.505 e. The summed E-state index contributed by atoms with van der Waals surface area (Å²) in [7, 11) is 0. The van der Waals surface area contributed by atoms with Gasteiger partial charge in [0, 0.05) is 6.07 Å². The third-order valence-corrected chi connectivity index (χ3v) is 1.89. The first-order valence-corrected chi connectivity index (χ1v) is 4.55. The third kappa shape index (κ3) is 2.37. The smallest absolute Gasteiger partial charge is 0.505 e. The van der Waals surface area contributed by atoms with E-state index in [4.69, 9.17) is 5.11 Å². The molecular formula is C10H14N2O3. The molecule has 0 aliphatic carbocycles. The minimum atomic E-state index is -1.14. The van der Waals surface area contributed by atoms with E-state index in [1.807, 2.05) is 0 Å². The van der Waals surface area contributed by atoms with Crippen LogP contribution >= 0.6 is 0 Å². The van der Waals surface area contributed by atoms with Crippen molar-refractivity contribution in [2.45, 2.75) is 26.3 Å². The number of carbonyl (C=O) groups is 1. The first-order valence-electron chi connectivity index (χ1n) is 4.55. The summed E-state index contributed by atoms with van der Waals surface area (Å²) in [5.74, 6) is 0.109. The molecule has 0 aliphatic heterocycles. The van der Waals surface area contributed by atoms with Gasteiger partial charge in [0.2, 0.25) is 0 Å². The van der Waals surface area contributed by atoms with Crippen LogP contribution in [0.3, 0.4) is 0 Å². The standard InChI is InChI=1S/C10H14N2O3/c1-10(2,3)12(9(13)14)8-6-4-5-7-11(8)15/h4-7H,1-3H3,(H,13,14). The van der Waals surface area contributed by atoms with Crippen LogP contribution in [-0.4, -0.2) is 16.7 Å². The number of anilines is 1. The molecule has 15 heavy (non-hydrogen) atoms. The van der Waals surface area contributed by atoms with Crippen LogP contribution < -0.4 is 9.63 Å². The lowest BCUT2D eigenvalue weighted by Crippen LogP contribution is -2.50. The van der Waals surface area contributed by atoms with E-state index < -0.39 is 11.6 Å². The molecule has 1 rings (SSSR count). The number of pyridine rings is 1. The molecule has 0 aliphatic rings. The van der Waals surface area contributed by atoms with Gasteiger partial charge >= 0.3 is 6.09 Å². The van der Waals surface area contributed by atoms with Crippen LogP contribution in [-0.2, 0) is 0 Å². The van der Waals surface area contributed by atoms with Crippen LogP contribution in [0.25, 0.3) is 0 Å². The van der Waals surface area contributed by atoms with Gasteiger partial charge in [0.25, 0.3) is 5.82 Å². The zero-order chi connectivity index (χ0) is 11.6. The second kappa shape index (κ2) is 3.76. The van der Waals surface area contributed by atoms with Crippen LogP contribution in [0.4, 0.5) is 10.6 Å². The Morgan fingerprint density at radius 3 is 2.47 bits per heavy atom. The molecule has 0 radical (unpaired) electrons. The van der Waals surface area contributed by atoms with Gasteiger partial charge in [0.05, 0.1) is 6.20 Å². The molecular weight excluding hydrogens is 196 g/mol. The summed E-state index contributed by atoms with van der Waals surface area (Å²) >= 11 is 0. The largest absolute Gasteiger partial charge is 0.711 e. The zero-order valence-corrected chi connectivity index (χ0v) is 8.97. The summed E-state index contributed by atoms with van der Waals surface area (Å²) in [6, 6.07) is 4.66. The lowest BCUT2D eigenvalue weighted by Gasteiger charge is -2.27. The van der Waals surface area contributed by atoms with Crippen molar-refractivity contribution in [1.82, 2.24) is 0 Å². The van der Waals surface area contributed by atoms with Crippen molar-refractivity contribution in [3.05, 3.63) is 29.6 Å². The Bertz CT molecular complexity index is 371. The molecule has 5 heteroatoms. The molecule has 0 atom stereocenters.